The van der Waals surface area contributed by atoms with E-state index in [4.69, 9.17) is 4.74 Å². The van der Waals surface area contributed by atoms with Gasteiger partial charge in [0.2, 0.25) is 5.88 Å². The van der Waals surface area contributed by atoms with Crippen molar-refractivity contribution in [2.75, 3.05) is 14.2 Å². The number of esters is 1. The molecule has 0 saturated heterocycles. The molecule has 4 nitrogen and oxygen atoms in total. The number of nitrogens with zero attached hydrogens (tertiary/aromatic N) is 1. The summed E-state index contributed by atoms with van der Waals surface area (Å²) in [5, 5.41) is 0. The van der Waals surface area contributed by atoms with E-state index < -0.39 is 18.1 Å². The van der Waals surface area contributed by atoms with Crippen LogP contribution in [-0.4, -0.2) is 25.2 Å². The van der Waals surface area contributed by atoms with Gasteiger partial charge in [0.25, 0.3) is 6.43 Å². The molecule has 1 aromatic heterocycles. The predicted octanol–water partition coefficient (Wildman–Crippen LogP) is 2.12. The van der Waals surface area contributed by atoms with E-state index in [2.05, 4.69) is 9.72 Å². The van der Waals surface area contributed by atoms with Crippen molar-refractivity contribution in [3.05, 3.63) is 22.9 Å². The van der Waals surface area contributed by atoms with Crippen LogP contribution in [0, 0.1) is 6.92 Å². The smallest absolute Gasteiger partial charge is 0.340 e. The Morgan fingerprint density at radius 3 is 2.50 bits per heavy atom. The van der Waals surface area contributed by atoms with Gasteiger partial charge < -0.3 is 9.47 Å². The molecule has 0 atom stereocenters. The van der Waals surface area contributed by atoms with Gasteiger partial charge in [-0.3, -0.25) is 0 Å². The molecule has 0 aromatic carbocycles. The average molecular weight is 231 g/mol. The minimum atomic E-state index is -2.86. The highest BCUT2D eigenvalue weighted by atomic mass is 19.3. The number of carbonyl (C=O) groups is 1. The summed E-state index contributed by atoms with van der Waals surface area (Å²) in [4.78, 5) is 14.9. The number of ether oxygens (including phenoxy) is 2. The van der Waals surface area contributed by atoms with Gasteiger partial charge in [0.15, 0.2) is 0 Å². The van der Waals surface area contributed by atoms with Crippen molar-refractivity contribution in [1.29, 1.82) is 0 Å². The second-order valence-corrected chi connectivity index (χ2v) is 3.03. The number of alkyl halides is 2. The highest BCUT2D eigenvalue weighted by Crippen LogP contribution is 2.27. The maximum absolute atomic E-state index is 12.7. The zero-order valence-electron chi connectivity index (χ0n) is 9.08. The topological polar surface area (TPSA) is 48.4 Å². The zero-order chi connectivity index (χ0) is 12.3. The fourth-order valence-electron chi connectivity index (χ4n) is 1.30. The first-order valence-electron chi connectivity index (χ1n) is 4.43. The molecule has 88 valence electrons. The van der Waals surface area contributed by atoms with E-state index in [1.165, 1.54) is 20.1 Å². The van der Waals surface area contributed by atoms with Crippen molar-refractivity contribution >= 4 is 5.97 Å². The molecule has 1 heterocycles. The maximum atomic E-state index is 12.7. The molecule has 0 radical (unpaired) electrons. The summed E-state index contributed by atoms with van der Waals surface area (Å²) in [7, 11) is 2.44. The van der Waals surface area contributed by atoms with E-state index >= 15 is 0 Å². The molecule has 6 heteroatoms. The van der Waals surface area contributed by atoms with Crippen molar-refractivity contribution in [1.82, 2.24) is 4.98 Å². The standard InChI is InChI=1S/C10H11F2NO3/c1-5-4-6(15-2)13-8(9(11)12)7(5)10(14)16-3/h4,9H,1-3H3. The third-order valence-electron chi connectivity index (χ3n) is 2.03. The highest BCUT2D eigenvalue weighted by Gasteiger charge is 2.24. The summed E-state index contributed by atoms with van der Waals surface area (Å²) in [5.41, 5.74) is -0.490. The van der Waals surface area contributed by atoms with Gasteiger partial charge in [-0.1, -0.05) is 0 Å². The van der Waals surface area contributed by atoms with E-state index in [9.17, 15) is 13.6 Å². The number of pyridine rings is 1. The number of halogens is 2. The van der Waals surface area contributed by atoms with Crippen LogP contribution < -0.4 is 4.74 Å². The first-order valence-corrected chi connectivity index (χ1v) is 4.43. The predicted molar refractivity (Wildman–Crippen MR) is 51.8 cm³/mol. The lowest BCUT2D eigenvalue weighted by Gasteiger charge is -2.11. The fraction of sp³-hybridized carbons (Fsp3) is 0.400. The van der Waals surface area contributed by atoms with Crippen LogP contribution >= 0.6 is 0 Å². The molecular weight excluding hydrogens is 220 g/mol. The monoisotopic (exact) mass is 231 g/mol. The molecule has 0 N–H and O–H groups in total. The molecular formula is C10H11F2NO3. The second-order valence-electron chi connectivity index (χ2n) is 3.03. The third-order valence-corrected chi connectivity index (χ3v) is 2.03. The average Bonchev–Trinajstić information content (AvgIpc) is 2.26. The van der Waals surface area contributed by atoms with Gasteiger partial charge in [-0.25, -0.2) is 18.6 Å². The number of aryl methyl sites for hydroxylation is 1. The quantitative estimate of drug-likeness (QED) is 0.747. The Morgan fingerprint density at radius 1 is 1.44 bits per heavy atom. The number of methoxy groups -OCH3 is 2. The fourth-order valence-corrected chi connectivity index (χ4v) is 1.30. The number of hydrogen-bond acceptors (Lipinski definition) is 4. The molecule has 0 aliphatic rings. The first kappa shape index (κ1) is 12.4. The SMILES string of the molecule is COC(=O)c1c(C)cc(OC)nc1C(F)F. The maximum Gasteiger partial charge on any atom is 0.340 e. The van der Waals surface area contributed by atoms with E-state index in [1.807, 2.05) is 0 Å². The van der Waals surface area contributed by atoms with Gasteiger partial charge >= 0.3 is 5.97 Å². The van der Waals surface area contributed by atoms with Gasteiger partial charge in [0.05, 0.1) is 19.8 Å². The van der Waals surface area contributed by atoms with Crippen molar-refractivity contribution in [2.45, 2.75) is 13.3 Å². The van der Waals surface area contributed by atoms with Crippen molar-refractivity contribution in [3.63, 3.8) is 0 Å². The number of rotatable bonds is 3. The van der Waals surface area contributed by atoms with Gasteiger partial charge in [-0.15, -0.1) is 0 Å². The molecule has 1 aromatic rings. The highest BCUT2D eigenvalue weighted by molar-refractivity contribution is 5.92. The lowest BCUT2D eigenvalue weighted by atomic mass is 10.1. The third kappa shape index (κ3) is 2.26. The summed E-state index contributed by atoms with van der Waals surface area (Å²) >= 11 is 0. The van der Waals surface area contributed by atoms with Crippen molar-refractivity contribution in [3.8, 4) is 5.88 Å². The lowest BCUT2D eigenvalue weighted by Crippen LogP contribution is -2.11. The largest absolute Gasteiger partial charge is 0.481 e. The Morgan fingerprint density at radius 2 is 2.06 bits per heavy atom. The van der Waals surface area contributed by atoms with E-state index in [-0.39, 0.29) is 11.4 Å². The van der Waals surface area contributed by atoms with Crippen LogP contribution in [-0.2, 0) is 4.74 Å². The minimum absolute atomic E-state index is 0.0421. The van der Waals surface area contributed by atoms with Crippen LogP contribution in [0.1, 0.15) is 28.0 Å². The molecule has 0 aliphatic carbocycles. The molecule has 1 rings (SSSR count). The van der Waals surface area contributed by atoms with Gasteiger partial charge in [-0.2, -0.15) is 0 Å². The van der Waals surface area contributed by atoms with Gasteiger partial charge in [0, 0.05) is 6.07 Å². The lowest BCUT2D eigenvalue weighted by molar-refractivity contribution is 0.0586. The van der Waals surface area contributed by atoms with Crippen LogP contribution in [0.25, 0.3) is 0 Å². The van der Waals surface area contributed by atoms with Crippen LogP contribution in [0.3, 0.4) is 0 Å². The number of carbonyl (C=O) groups excluding carboxylic acids is 1. The van der Waals surface area contributed by atoms with Crippen LogP contribution in [0.5, 0.6) is 5.88 Å². The molecule has 0 amide bonds. The Hall–Kier alpha value is -1.72. The summed E-state index contributed by atoms with van der Waals surface area (Å²) < 4.78 is 34.6. The van der Waals surface area contributed by atoms with E-state index in [1.54, 1.807) is 0 Å². The Bertz CT molecular complexity index is 407. The molecule has 0 saturated carbocycles. The molecule has 0 aliphatic heterocycles. The minimum Gasteiger partial charge on any atom is -0.481 e. The van der Waals surface area contributed by atoms with Gasteiger partial charge in [-0.05, 0) is 12.5 Å². The van der Waals surface area contributed by atoms with Crippen LogP contribution in [0.4, 0.5) is 8.78 Å². The summed E-state index contributed by atoms with van der Waals surface area (Å²) in [6.07, 6.45) is -2.86. The molecule has 0 bridgehead atoms. The Kier molecular flexibility index (Phi) is 3.76. The zero-order valence-corrected chi connectivity index (χ0v) is 9.08. The van der Waals surface area contributed by atoms with Crippen LogP contribution in [0.2, 0.25) is 0 Å². The normalized spacial score (nSPS) is 10.4. The number of aromatic nitrogens is 1. The Labute approximate surface area is 91.2 Å². The van der Waals surface area contributed by atoms with Crippen molar-refractivity contribution in [2.24, 2.45) is 0 Å². The summed E-state index contributed by atoms with van der Waals surface area (Å²) in [5.74, 6) is -0.789. The van der Waals surface area contributed by atoms with E-state index in [0.29, 0.717) is 5.56 Å². The molecule has 16 heavy (non-hydrogen) atoms. The first-order chi connectivity index (χ1) is 7.51. The Balaban J connectivity index is 3.39. The molecule has 0 fully saturated rings. The van der Waals surface area contributed by atoms with E-state index in [0.717, 1.165) is 7.11 Å². The number of hydrogen-bond donors (Lipinski definition) is 0. The van der Waals surface area contributed by atoms with Crippen molar-refractivity contribution < 1.29 is 23.0 Å². The van der Waals surface area contributed by atoms with Gasteiger partial charge in [0.1, 0.15) is 5.69 Å². The van der Waals surface area contributed by atoms with Crippen LogP contribution in [0.15, 0.2) is 6.07 Å². The molecule has 0 spiro atoms. The molecule has 0 unspecified atom stereocenters. The summed E-state index contributed by atoms with van der Waals surface area (Å²) in [6, 6.07) is 1.40. The second kappa shape index (κ2) is 4.87. The summed E-state index contributed by atoms with van der Waals surface area (Å²) in [6.45, 7) is 1.52.